The Morgan fingerprint density at radius 3 is 0.965 bits per heavy atom. The maximum Gasteiger partial charge on any atom is 0.330 e. The second kappa shape index (κ2) is 52.2. The van der Waals surface area contributed by atoms with Gasteiger partial charge in [-0.1, -0.05) is 36.1 Å². The minimum absolute atomic E-state index is 0. The minimum atomic E-state index is -5.33. The molecule has 6 saturated heterocycles. The van der Waals surface area contributed by atoms with Gasteiger partial charge in [0.05, 0.1) is 43.0 Å². The molecule has 0 spiro atoms. The number of aromatic nitrogens is 12. The number of aliphatic hydroxyl groups excluding tert-OH is 4. The van der Waals surface area contributed by atoms with Crippen molar-refractivity contribution < 1.29 is 142 Å². The molecule has 60 heteroatoms. The molecule has 44 nitrogen and oxygen atoms in total. The molecular weight excluding hydrogens is 2020 g/mol. The van der Waals surface area contributed by atoms with Crippen molar-refractivity contribution in [3.05, 3.63) is 207 Å². The van der Waals surface area contributed by atoms with Crippen LogP contribution in [0.2, 0.25) is 0 Å². The second-order valence-electron chi connectivity index (χ2n) is 33.5. The van der Waals surface area contributed by atoms with Crippen LogP contribution in [0.4, 0.5) is 52.7 Å². The summed E-state index contributed by atoms with van der Waals surface area (Å²) in [5.41, 5.74) is -22.3. The zero-order valence-electron chi connectivity index (χ0n) is 84.4. The SMILES string of the molecule is C.C.C.Cc1cn([C@@H]2O[C@H](CC(F)(F)P(C)(=O)O)[C@@H](C)[C@H]2F)c(=O)[nH]c1=O.[2H]C[C@H]1O[C@@H](n2cc(C)c(=O)[nH]c2=O)[C@H](F)[C@@H]1O.[2H]C[C@H]1O[C@@H](n2cc(C)c(=O)[nH]c2=O)[C@H](F)[C@@H]1OP(C)(=O)C(F)(F)C[C@H]1O[C@@H](n2cc(C)c(=O)[nH]c2=O)[C@H](F)[C@@H]1C.[2H]C[C@H]1O[C@@H](n2cc(C)c(=O)[nH]c2=O)[C@H](F)[C@@H]1OP(C)(=O)C(F)(F)C[C@H]1O[C@@H](n2cc(C)c(=O)[nH]c2=O)[C@H](F)[C@@H]1OP(OCC[N+]#[C-])N(C(C)C)C(C)C.[3H]OC.[3H]OC.[3H]OC. The lowest BCUT2D eigenvalue weighted by molar-refractivity contribution is -0.0670. The summed E-state index contributed by atoms with van der Waals surface area (Å²) in [5, 5.41) is 20.0. The van der Waals surface area contributed by atoms with Crippen molar-refractivity contribution in [1.82, 2.24) is 62.0 Å². The lowest BCUT2D eigenvalue weighted by atomic mass is 9.99. The Morgan fingerprint density at radius 1 is 0.455 bits per heavy atom. The zero-order valence-corrected chi connectivity index (χ0v) is 81.9. The second-order valence-corrected chi connectivity index (χ2v) is 42.5. The molecule has 4 unspecified atom stereocenters. The van der Waals surface area contributed by atoms with Gasteiger partial charge in [0.15, 0.2) is 74.4 Å². The Hall–Kier alpha value is -8.79. The molecule has 0 amide bonds. The molecule has 0 saturated carbocycles. The molecule has 0 aromatic carbocycles. The van der Waals surface area contributed by atoms with E-state index >= 15 is 35.1 Å². The van der Waals surface area contributed by atoms with E-state index in [0.717, 1.165) is 44.7 Å². The number of aliphatic hydroxyl groups is 4. The van der Waals surface area contributed by atoms with Gasteiger partial charge in [0.1, 0.15) is 31.0 Å². The zero-order chi connectivity index (χ0) is 111. The van der Waals surface area contributed by atoms with Crippen LogP contribution in [0.5, 0.6) is 0 Å². The van der Waals surface area contributed by atoms with Gasteiger partial charge < -0.3 is 76.7 Å². The number of alkyl halides is 12. The standard InChI is InChI=1S/C31H44F4N6O10P2.C23H29F4N4O8P.C13H18F3N2O5P.C10H13FN2O4.3CH4O.3CH4/c1-15(2)41(16(3)4)52(47-11-10-36-8)50-24-20(49-28(22(24)33)40-14-18(6)26(43)38-30(40)45)12-31(34,35)53(9,46)51-23-19(7)48-27(21(23)32)39-13-17(5)25(42)37-29(39)44;1-9-7-30(21(34)28-17(9)32)19-14(24)11(3)13(38-19)6-23(26,27)40(5,36)39-16-12(4)37-20(15(16)25)31-8-10(2)18(33)29-22(31)35;1-6-5-18(12(20)17-10(6)19)11-9(14)7(2)8(23-11)4-13(15,16)24(3,21)22;1-4-3-13(10(16)12-8(4)15)9-6(11)7(14)5(2)17-9;3*1-2;;;/h13-16,19-24,27-28H,10-12H2,1-7,9H3,(H,37,42,44)(H,38,43,45);7-8,11-16,19-20H,6H2,1-5H3,(H,28,32,34)(H,29,33,35);5,7-9,11H,4H2,1-3H3,(H,21,22)(H,17,19,20);3,5-7,9,14H,1-2H3,(H,12,15,16);3*2H,1H3;3*1H4/t19-,20-,21-,22-,23-,24-,27-,28-,52?,53?;11-,12-,13-,14-,15-,16-,19-,20-,40?;7-,8-,9-,11-;5-,6-,7-,9-;;;;;;/m1111....../s1/i7D;4D;;2D;3*2T;;;. The van der Waals surface area contributed by atoms with Crippen LogP contribution >= 0.6 is 30.6 Å². The summed E-state index contributed by atoms with van der Waals surface area (Å²) >= 11 is 0. The summed E-state index contributed by atoms with van der Waals surface area (Å²) < 4.78 is 321. The maximum absolute atomic E-state index is 16.6. The van der Waals surface area contributed by atoms with Crippen molar-refractivity contribution in [3.63, 3.8) is 0 Å². The Balaban J connectivity index is 0.000000526. The first-order valence-corrected chi connectivity index (χ1v) is 49.5. The predicted octanol–water partition coefficient (Wildman–Crippen LogP) is 8.04. The Labute approximate surface area is 819 Å². The molecule has 12 rings (SSSR count). The summed E-state index contributed by atoms with van der Waals surface area (Å²) in [5.74, 6) is -2.25. The van der Waals surface area contributed by atoms with E-state index in [1.165, 1.54) is 82.9 Å². The Morgan fingerprint density at radius 2 is 0.699 bits per heavy atom. The fourth-order valence-corrected chi connectivity index (χ4v) is 19.7. The molecule has 814 valence electrons. The first kappa shape index (κ1) is 118. The molecule has 0 radical (unpaired) electrons. The lowest BCUT2D eigenvalue weighted by Gasteiger charge is -2.38. The topological polar surface area (TPSA) is 581 Å². The minimum Gasteiger partial charge on any atom is -0.400 e. The van der Waals surface area contributed by atoms with E-state index in [0.29, 0.717) is 33.7 Å². The molecule has 0 aliphatic carbocycles. The van der Waals surface area contributed by atoms with Crippen LogP contribution in [0.1, 0.15) is 179 Å². The number of hydrogen-bond acceptors (Lipinski definition) is 30. The van der Waals surface area contributed by atoms with Crippen molar-refractivity contribution in [2.75, 3.05) is 54.5 Å². The Bertz CT molecular complexity index is 6390. The van der Waals surface area contributed by atoms with Gasteiger partial charge in [-0.25, -0.2) is 66.4 Å². The third kappa shape index (κ3) is 29.2. The van der Waals surface area contributed by atoms with Gasteiger partial charge in [0.25, 0.3) is 64.0 Å². The quantitative estimate of drug-likeness (QED) is 0.0100. The van der Waals surface area contributed by atoms with E-state index in [2.05, 4.69) is 20.2 Å². The van der Waals surface area contributed by atoms with E-state index < -0.39 is 295 Å². The highest BCUT2D eigenvalue weighted by Crippen LogP contribution is 2.66. The maximum atomic E-state index is 16.6. The summed E-state index contributed by atoms with van der Waals surface area (Å²) in [7, 11) is -13.6. The lowest BCUT2D eigenvalue weighted by Crippen LogP contribution is -2.40. The summed E-state index contributed by atoms with van der Waals surface area (Å²) in [6.45, 7) is 24.6. The molecular formula is C83H128F12N14O30P4. The van der Waals surface area contributed by atoms with Gasteiger partial charge in [0, 0.05) is 153 Å². The molecule has 0 bridgehead atoms. The number of H-pyrrole nitrogens is 6. The van der Waals surface area contributed by atoms with Crippen LogP contribution in [-0.4, -0.2) is 273 Å². The van der Waals surface area contributed by atoms with Gasteiger partial charge in [-0.2, -0.15) is 26.3 Å². The number of aryl methyl sites for hydroxylation is 6. The van der Waals surface area contributed by atoms with Gasteiger partial charge in [-0.3, -0.25) is 99.8 Å². The molecule has 6 aromatic heterocycles. The Kier molecular flexibility index (Phi) is 43.0. The molecule has 143 heavy (non-hydrogen) atoms. The van der Waals surface area contributed by atoms with E-state index in [-0.39, 0.29) is 87.8 Å². The molecule has 28 atom stereocenters. The summed E-state index contributed by atoms with van der Waals surface area (Å²) in [6.07, 6.45) is -36.8. The molecule has 6 fully saturated rings. The number of rotatable bonds is 27. The van der Waals surface area contributed by atoms with Crippen LogP contribution in [0.3, 0.4) is 0 Å². The molecule has 6 aromatic rings. The van der Waals surface area contributed by atoms with Crippen LogP contribution in [0.25, 0.3) is 4.85 Å². The molecule has 11 N–H and O–H groups in total. The fourth-order valence-electron chi connectivity index (χ4n) is 14.7. The molecule has 6 aliphatic heterocycles. The van der Waals surface area contributed by atoms with E-state index in [4.69, 9.17) is 66.4 Å². The van der Waals surface area contributed by atoms with Crippen molar-refractivity contribution >= 4 is 30.6 Å². The number of nitrogens with one attached hydrogen (secondary N) is 6. The van der Waals surface area contributed by atoms with Gasteiger partial charge >= 0.3 is 51.1 Å². The predicted molar refractivity (Wildman–Crippen MR) is 498 cm³/mol. The van der Waals surface area contributed by atoms with Crippen LogP contribution in [0, 0.1) is 60.0 Å². The third-order valence-electron chi connectivity index (χ3n) is 22.6. The van der Waals surface area contributed by atoms with Gasteiger partial charge in [-0.05, 0) is 89.9 Å². The fraction of sp³-hybridized carbons (Fsp3) is 0.699. The smallest absolute Gasteiger partial charge is 0.330 e. The van der Waals surface area contributed by atoms with E-state index in [1.807, 2.05) is 29.9 Å². The molecule has 12 heterocycles. The number of halogens is 12. The normalized spacial score (nSPS) is 29.1. The number of nitrogens with zero attached hydrogens (tertiary/aromatic N) is 8. The number of aromatic amines is 6. The van der Waals surface area contributed by atoms with Crippen LogP contribution < -0.4 is 67.5 Å². The van der Waals surface area contributed by atoms with Crippen molar-refractivity contribution in [2.24, 2.45) is 11.8 Å². The first-order chi connectivity index (χ1) is 67.7. The van der Waals surface area contributed by atoms with E-state index in [1.54, 1.807) is 32.4 Å². The van der Waals surface area contributed by atoms with Crippen molar-refractivity contribution in [1.29, 1.82) is 4.29 Å². The third-order valence-corrected chi connectivity index (χ3v) is 30.2. The van der Waals surface area contributed by atoms with Gasteiger partial charge in [0.2, 0.25) is 10.8 Å². The first-order valence-electron chi connectivity index (χ1n) is 45.4. The summed E-state index contributed by atoms with van der Waals surface area (Å²) in [6, 6.07) is -0.582. The van der Waals surface area contributed by atoms with Gasteiger partial charge in [-0.15, -0.1) is 0 Å². The van der Waals surface area contributed by atoms with Crippen LogP contribution in [-0.2, 0) is 60.2 Å². The van der Waals surface area contributed by atoms with Crippen LogP contribution in [0.15, 0.2) is 94.7 Å². The van der Waals surface area contributed by atoms with Crippen molar-refractivity contribution in [3.8, 4) is 0 Å². The molecule has 6 aliphatic rings. The average molecular weight is 2160 g/mol. The number of ether oxygens (including phenoxy) is 6. The summed E-state index contributed by atoms with van der Waals surface area (Å²) in [4.78, 5) is 167. The van der Waals surface area contributed by atoms with E-state index in [9.17, 15) is 93.9 Å². The van der Waals surface area contributed by atoms with Crippen molar-refractivity contribution in [2.45, 2.75) is 310 Å². The highest BCUT2D eigenvalue weighted by atomic mass is 31.2. The monoisotopic (exact) mass is 2160 g/mol. The average Bonchev–Trinajstić information content (AvgIpc) is 1.60. The highest BCUT2D eigenvalue weighted by Gasteiger charge is 2.62. The number of hydrogen-bond donors (Lipinski definition) is 11. The highest BCUT2D eigenvalue weighted by molar-refractivity contribution is 7.59. The largest absolute Gasteiger partial charge is 0.400 e.